The third kappa shape index (κ3) is 4.11. The number of aryl methyl sites for hydroxylation is 1. The number of hydrogen-bond acceptors (Lipinski definition) is 4. The van der Waals surface area contributed by atoms with Gasteiger partial charge in [-0.15, -0.1) is 0 Å². The summed E-state index contributed by atoms with van der Waals surface area (Å²) in [5.41, 5.74) is 2.71. The second-order valence-corrected chi connectivity index (χ2v) is 9.08. The van der Waals surface area contributed by atoms with Crippen molar-refractivity contribution in [3.63, 3.8) is 0 Å². The Labute approximate surface area is 186 Å². The van der Waals surface area contributed by atoms with Gasteiger partial charge in [-0.25, -0.2) is 0 Å². The molecule has 1 aliphatic heterocycles. The van der Waals surface area contributed by atoms with Crippen LogP contribution in [0.3, 0.4) is 0 Å². The maximum Gasteiger partial charge on any atom is 0.227 e. The van der Waals surface area contributed by atoms with Crippen LogP contribution in [0.2, 0.25) is 10.0 Å². The molecule has 1 heterocycles. The zero-order chi connectivity index (χ0) is 21.4. The van der Waals surface area contributed by atoms with Gasteiger partial charge in [0.25, 0.3) is 0 Å². The molecule has 0 saturated carbocycles. The molecule has 2 aromatic rings. The Morgan fingerprint density at radius 1 is 1.10 bits per heavy atom. The van der Waals surface area contributed by atoms with Gasteiger partial charge < -0.3 is 15.1 Å². The fourth-order valence-corrected chi connectivity index (χ4v) is 5.14. The van der Waals surface area contributed by atoms with Crippen LogP contribution in [0.1, 0.15) is 42.0 Å². The Morgan fingerprint density at radius 3 is 2.50 bits per heavy atom. The number of carbonyl (C=O) groups is 1. The SMILES string of the molecule is CN(C(=O)Cc1ccc(Cl)c(Cl)c1)[C@H]1c2cc(O)c(O)cc2CC[C@@H]1N1CCCC1. The van der Waals surface area contributed by atoms with Crippen LogP contribution in [-0.4, -0.2) is 52.1 Å². The van der Waals surface area contributed by atoms with Crippen molar-refractivity contribution in [2.75, 3.05) is 20.1 Å². The number of benzene rings is 2. The molecule has 2 N–H and O–H groups in total. The lowest BCUT2D eigenvalue weighted by atomic mass is 9.82. The maximum absolute atomic E-state index is 13.2. The van der Waals surface area contributed by atoms with Crippen molar-refractivity contribution in [3.8, 4) is 11.5 Å². The molecule has 160 valence electrons. The molecule has 0 spiro atoms. The standard InChI is InChI=1S/C23H26Cl2N2O3/c1-26(22(30)11-14-4-6-17(24)18(25)10-14)23-16-13-21(29)20(28)12-15(16)5-7-19(23)27-8-2-3-9-27/h4,6,10,12-13,19,23,28-29H,2-3,5,7-9,11H2,1H3/t19-,23-/m0/s1. The van der Waals surface area contributed by atoms with Gasteiger partial charge in [0.05, 0.1) is 22.5 Å². The Hall–Kier alpha value is -1.95. The van der Waals surface area contributed by atoms with E-state index >= 15 is 0 Å². The van der Waals surface area contributed by atoms with E-state index in [-0.39, 0.29) is 35.9 Å². The summed E-state index contributed by atoms with van der Waals surface area (Å²) in [6.07, 6.45) is 4.27. The van der Waals surface area contributed by atoms with E-state index in [1.54, 1.807) is 29.2 Å². The van der Waals surface area contributed by atoms with Crippen molar-refractivity contribution in [2.24, 2.45) is 0 Å². The number of fused-ring (bicyclic) bond motifs is 1. The fraction of sp³-hybridized carbons (Fsp3) is 0.435. The summed E-state index contributed by atoms with van der Waals surface area (Å²) in [5, 5.41) is 21.0. The van der Waals surface area contributed by atoms with Crippen LogP contribution in [0, 0.1) is 0 Å². The van der Waals surface area contributed by atoms with Crippen LogP contribution in [-0.2, 0) is 17.6 Å². The lowest BCUT2D eigenvalue weighted by Gasteiger charge is -2.43. The lowest BCUT2D eigenvalue weighted by Crippen LogP contribution is -2.48. The number of carbonyl (C=O) groups excluding carboxylic acids is 1. The lowest BCUT2D eigenvalue weighted by molar-refractivity contribution is -0.133. The predicted octanol–water partition coefficient (Wildman–Crippen LogP) is 4.56. The Kier molecular flexibility index (Phi) is 6.14. The first kappa shape index (κ1) is 21.3. The third-order valence-electron chi connectivity index (χ3n) is 6.39. The predicted molar refractivity (Wildman–Crippen MR) is 118 cm³/mol. The summed E-state index contributed by atoms with van der Waals surface area (Å²) in [5.74, 6) is -0.286. The number of phenolic OH excluding ortho intramolecular Hbond substituents is 2. The Bertz CT molecular complexity index is 960. The normalized spacial score (nSPS) is 21.4. The van der Waals surface area contributed by atoms with Gasteiger partial charge in [0.1, 0.15) is 0 Å². The number of likely N-dealkylation sites (tertiary alicyclic amines) is 1. The number of amides is 1. The third-order valence-corrected chi connectivity index (χ3v) is 7.13. The van der Waals surface area contributed by atoms with Crippen LogP contribution >= 0.6 is 23.2 Å². The van der Waals surface area contributed by atoms with Gasteiger partial charge in [-0.3, -0.25) is 9.69 Å². The van der Waals surface area contributed by atoms with Gasteiger partial charge in [-0.2, -0.15) is 0 Å². The molecular weight excluding hydrogens is 423 g/mol. The zero-order valence-electron chi connectivity index (χ0n) is 16.9. The van der Waals surface area contributed by atoms with E-state index in [9.17, 15) is 15.0 Å². The highest BCUT2D eigenvalue weighted by Crippen LogP contribution is 2.42. The van der Waals surface area contributed by atoms with Crippen molar-refractivity contribution in [2.45, 2.75) is 44.2 Å². The minimum atomic E-state index is -0.186. The van der Waals surface area contributed by atoms with E-state index in [2.05, 4.69) is 4.90 Å². The molecule has 5 nitrogen and oxygen atoms in total. The van der Waals surface area contributed by atoms with E-state index in [0.717, 1.165) is 55.5 Å². The number of phenols is 2. The number of aromatic hydroxyl groups is 2. The van der Waals surface area contributed by atoms with Crippen LogP contribution in [0.15, 0.2) is 30.3 Å². The fourth-order valence-electron chi connectivity index (χ4n) is 4.82. The molecule has 2 aliphatic rings. The molecule has 2 atom stereocenters. The molecule has 0 radical (unpaired) electrons. The highest BCUT2D eigenvalue weighted by molar-refractivity contribution is 6.42. The summed E-state index contributed by atoms with van der Waals surface area (Å²) < 4.78 is 0. The number of rotatable bonds is 4. The molecule has 0 aromatic heterocycles. The van der Waals surface area contributed by atoms with Gasteiger partial charge in [-0.05, 0) is 79.7 Å². The van der Waals surface area contributed by atoms with Crippen LogP contribution in [0.25, 0.3) is 0 Å². The van der Waals surface area contributed by atoms with Crippen molar-refractivity contribution in [1.29, 1.82) is 0 Å². The highest BCUT2D eigenvalue weighted by Gasteiger charge is 2.39. The van der Waals surface area contributed by atoms with Gasteiger partial charge in [0.2, 0.25) is 5.91 Å². The molecule has 1 amide bonds. The van der Waals surface area contributed by atoms with Crippen molar-refractivity contribution < 1.29 is 15.0 Å². The number of nitrogens with zero attached hydrogens (tertiary/aromatic N) is 2. The number of hydrogen-bond donors (Lipinski definition) is 2. The smallest absolute Gasteiger partial charge is 0.227 e. The minimum Gasteiger partial charge on any atom is -0.504 e. The van der Waals surface area contributed by atoms with Gasteiger partial charge in [0, 0.05) is 13.1 Å². The largest absolute Gasteiger partial charge is 0.504 e. The van der Waals surface area contributed by atoms with E-state index in [4.69, 9.17) is 23.2 Å². The summed E-state index contributed by atoms with van der Waals surface area (Å²) in [7, 11) is 1.83. The average Bonchev–Trinajstić information content (AvgIpc) is 3.25. The molecule has 1 fully saturated rings. The van der Waals surface area contributed by atoms with Crippen molar-refractivity contribution in [3.05, 3.63) is 57.1 Å². The summed E-state index contributed by atoms with van der Waals surface area (Å²) in [6.45, 7) is 2.05. The molecule has 1 aliphatic carbocycles. The highest BCUT2D eigenvalue weighted by atomic mass is 35.5. The Balaban J connectivity index is 1.65. The summed E-state index contributed by atoms with van der Waals surface area (Å²) in [4.78, 5) is 17.5. The number of likely N-dealkylation sites (N-methyl/N-ethyl adjacent to an activating group) is 1. The number of halogens is 2. The van der Waals surface area contributed by atoms with E-state index in [1.807, 2.05) is 13.1 Å². The second kappa shape index (κ2) is 8.66. The molecule has 0 unspecified atom stereocenters. The quantitative estimate of drug-likeness (QED) is 0.672. The summed E-state index contributed by atoms with van der Waals surface area (Å²) >= 11 is 12.1. The first-order valence-electron chi connectivity index (χ1n) is 10.3. The van der Waals surface area contributed by atoms with Gasteiger partial charge in [0.15, 0.2) is 11.5 Å². The molecule has 2 aromatic carbocycles. The maximum atomic E-state index is 13.2. The van der Waals surface area contributed by atoms with E-state index in [0.29, 0.717) is 10.0 Å². The van der Waals surface area contributed by atoms with Crippen molar-refractivity contribution in [1.82, 2.24) is 9.80 Å². The minimum absolute atomic E-state index is 0.0250. The second-order valence-electron chi connectivity index (χ2n) is 8.26. The first-order valence-corrected chi connectivity index (χ1v) is 11.1. The molecule has 30 heavy (non-hydrogen) atoms. The monoisotopic (exact) mass is 448 g/mol. The van der Waals surface area contributed by atoms with Gasteiger partial charge in [-0.1, -0.05) is 29.3 Å². The molecule has 1 saturated heterocycles. The first-order chi connectivity index (χ1) is 14.3. The topological polar surface area (TPSA) is 64.0 Å². The Morgan fingerprint density at radius 2 is 1.80 bits per heavy atom. The van der Waals surface area contributed by atoms with Crippen LogP contribution < -0.4 is 0 Å². The zero-order valence-corrected chi connectivity index (χ0v) is 18.5. The average molecular weight is 449 g/mol. The van der Waals surface area contributed by atoms with E-state index < -0.39 is 0 Å². The molecule has 7 heteroatoms. The molecule has 0 bridgehead atoms. The van der Waals surface area contributed by atoms with E-state index in [1.165, 1.54) is 0 Å². The van der Waals surface area contributed by atoms with Crippen LogP contribution in [0.4, 0.5) is 0 Å². The molecular formula is C23H26Cl2N2O3. The summed E-state index contributed by atoms with van der Waals surface area (Å²) in [6, 6.07) is 8.51. The van der Waals surface area contributed by atoms with Crippen LogP contribution in [0.5, 0.6) is 11.5 Å². The van der Waals surface area contributed by atoms with Crippen molar-refractivity contribution >= 4 is 29.1 Å². The van der Waals surface area contributed by atoms with Gasteiger partial charge >= 0.3 is 0 Å². The molecule has 4 rings (SSSR count).